The molecular weight excluding hydrogens is 470 g/mol. The summed E-state index contributed by atoms with van der Waals surface area (Å²) in [5, 5.41) is 4.20. The summed E-state index contributed by atoms with van der Waals surface area (Å²) >= 11 is 0. The molecular formula is C33H37N3O2. The van der Waals surface area contributed by atoms with Crippen molar-refractivity contribution >= 4 is 22.7 Å². The summed E-state index contributed by atoms with van der Waals surface area (Å²) < 4.78 is 0. The van der Waals surface area contributed by atoms with Crippen molar-refractivity contribution in [3.05, 3.63) is 95.1 Å². The first-order chi connectivity index (χ1) is 18.5. The Balaban J connectivity index is 1.74. The molecule has 5 heteroatoms. The van der Waals surface area contributed by atoms with Gasteiger partial charge in [-0.15, -0.1) is 0 Å². The SMILES string of the molecule is CCCCNC(=O)C(C(C)CC)N1C(=O)c2ccccc2C1c1c(-c2ccc(C)cc2)[nH]c2ccccc12. The number of aromatic nitrogens is 1. The Morgan fingerprint density at radius 1 is 1.00 bits per heavy atom. The molecule has 3 unspecified atom stereocenters. The van der Waals surface area contributed by atoms with Crippen LogP contribution in [0.15, 0.2) is 72.8 Å². The van der Waals surface area contributed by atoms with Crippen molar-refractivity contribution in [1.29, 1.82) is 0 Å². The molecule has 0 spiro atoms. The molecule has 2 N–H and O–H groups in total. The molecule has 0 saturated heterocycles. The fraction of sp³-hybridized carbons (Fsp3) is 0.333. The molecule has 0 saturated carbocycles. The monoisotopic (exact) mass is 507 g/mol. The average Bonchev–Trinajstić information content (AvgIpc) is 3.44. The quantitative estimate of drug-likeness (QED) is 0.239. The van der Waals surface area contributed by atoms with Crippen molar-refractivity contribution in [3.63, 3.8) is 0 Å². The fourth-order valence-corrected chi connectivity index (χ4v) is 5.69. The van der Waals surface area contributed by atoms with Gasteiger partial charge in [-0.3, -0.25) is 9.59 Å². The first-order valence-electron chi connectivity index (χ1n) is 13.8. The number of hydrogen-bond donors (Lipinski definition) is 2. The Kier molecular flexibility index (Phi) is 7.37. The van der Waals surface area contributed by atoms with E-state index in [0.717, 1.165) is 52.5 Å². The van der Waals surface area contributed by atoms with Crippen LogP contribution in [0, 0.1) is 12.8 Å². The summed E-state index contributed by atoms with van der Waals surface area (Å²) in [5.74, 6) is -0.164. The third kappa shape index (κ3) is 4.51. The van der Waals surface area contributed by atoms with Gasteiger partial charge < -0.3 is 15.2 Å². The van der Waals surface area contributed by atoms with E-state index in [9.17, 15) is 9.59 Å². The molecule has 5 nitrogen and oxygen atoms in total. The van der Waals surface area contributed by atoms with Gasteiger partial charge in [-0.05, 0) is 42.5 Å². The van der Waals surface area contributed by atoms with Crippen LogP contribution in [0.5, 0.6) is 0 Å². The van der Waals surface area contributed by atoms with Gasteiger partial charge in [0, 0.05) is 28.6 Å². The van der Waals surface area contributed by atoms with E-state index in [4.69, 9.17) is 0 Å². The van der Waals surface area contributed by atoms with Crippen LogP contribution in [0.2, 0.25) is 0 Å². The molecule has 1 aromatic heterocycles. The lowest BCUT2D eigenvalue weighted by Crippen LogP contribution is -2.52. The number of amides is 2. The number of aromatic amines is 1. The topological polar surface area (TPSA) is 65.2 Å². The molecule has 5 rings (SSSR count). The summed E-state index contributed by atoms with van der Waals surface area (Å²) in [5.41, 5.74) is 6.92. The number of hydrogen-bond acceptors (Lipinski definition) is 2. The summed E-state index contributed by atoms with van der Waals surface area (Å²) in [6.45, 7) is 8.97. The summed E-state index contributed by atoms with van der Waals surface area (Å²) in [6, 6.07) is 23.6. The predicted octanol–water partition coefficient (Wildman–Crippen LogP) is 7.02. The number of rotatable bonds is 9. The smallest absolute Gasteiger partial charge is 0.255 e. The van der Waals surface area contributed by atoms with Gasteiger partial charge in [-0.1, -0.05) is 99.8 Å². The minimum atomic E-state index is -0.582. The third-order valence-corrected chi connectivity index (χ3v) is 7.94. The van der Waals surface area contributed by atoms with Crippen LogP contribution in [-0.2, 0) is 4.79 Å². The van der Waals surface area contributed by atoms with E-state index in [1.807, 2.05) is 41.3 Å². The molecule has 3 aromatic carbocycles. The molecule has 2 heterocycles. The largest absolute Gasteiger partial charge is 0.354 e. The van der Waals surface area contributed by atoms with Crippen LogP contribution in [0.4, 0.5) is 0 Å². The molecule has 0 bridgehead atoms. The van der Waals surface area contributed by atoms with Gasteiger partial charge in [0.05, 0.1) is 11.7 Å². The predicted molar refractivity (Wildman–Crippen MR) is 154 cm³/mol. The van der Waals surface area contributed by atoms with Crippen LogP contribution >= 0.6 is 0 Å². The lowest BCUT2D eigenvalue weighted by Gasteiger charge is -2.36. The van der Waals surface area contributed by atoms with Crippen molar-refractivity contribution < 1.29 is 9.59 Å². The van der Waals surface area contributed by atoms with Crippen molar-refractivity contribution in [2.75, 3.05) is 6.54 Å². The standard InChI is InChI=1S/C33H37N3O2/c1-5-7-20-34-32(37)30(22(4)6-2)36-31(24-12-8-9-13-25(24)33(36)38)28-26-14-10-11-15-27(26)35-29(28)23-18-16-21(3)17-19-23/h8-19,22,30-31,35H,5-7,20H2,1-4H3,(H,34,37). The lowest BCUT2D eigenvalue weighted by molar-refractivity contribution is -0.127. The molecule has 38 heavy (non-hydrogen) atoms. The van der Waals surface area contributed by atoms with E-state index in [-0.39, 0.29) is 23.8 Å². The van der Waals surface area contributed by atoms with Gasteiger partial charge >= 0.3 is 0 Å². The van der Waals surface area contributed by atoms with Crippen LogP contribution in [-0.4, -0.2) is 34.3 Å². The molecule has 1 aliphatic heterocycles. The van der Waals surface area contributed by atoms with Crippen LogP contribution in [0.3, 0.4) is 0 Å². The Morgan fingerprint density at radius 3 is 2.45 bits per heavy atom. The average molecular weight is 508 g/mol. The number of unbranched alkanes of at least 4 members (excludes halogenated alkanes) is 1. The van der Waals surface area contributed by atoms with Crippen LogP contribution < -0.4 is 5.32 Å². The number of carbonyl (C=O) groups excluding carboxylic acids is 2. The number of fused-ring (bicyclic) bond motifs is 2. The second kappa shape index (κ2) is 10.9. The Hall–Kier alpha value is -3.86. The number of nitrogens with one attached hydrogen (secondary N) is 2. The van der Waals surface area contributed by atoms with E-state index in [0.29, 0.717) is 12.1 Å². The maximum absolute atomic E-state index is 14.2. The van der Waals surface area contributed by atoms with Crippen molar-refractivity contribution in [2.45, 2.75) is 59.0 Å². The molecule has 2 amide bonds. The van der Waals surface area contributed by atoms with E-state index in [1.165, 1.54) is 5.56 Å². The molecule has 3 atom stereocenters. The van der Waals surface area contributed by atoms with E-state index >= 15 is 0 Å². The highest BCUT2D eigenvalue weighted by Crippen LogP contribution is 2.47. The van der Waals surface area contributed by atoms with Gasteiger partial charge in [0.25, 0.3) is 5.91 Å². The van der Waals surface area contributed by atoms with Crippen molar-refractivity contribution in [1.82, 2.24) is 15.2 Å². The number of carbonyl (C=O) groups is 2. The number of H-pyrrole nitrogens is 1. The van der Waals surface area contributed by atoms with Crippen molar-refractivity contribution in [2.24, 2.45) is 5.92 Å². The van der Waals surface area contributed by atoms with Gasteiger partial charge in [0.2, 0.25) is 5.91 Å². The van der Waals surface area contributed by atoms with E-state index < -0.39 is 6.04 Å². The summed E-state index contributed by atoms with van der Waals surface area (Å²) in [4.78, 5) is 33.4. The van der Waals surface area contributed by atoms with Gasteiger partial charge in [0.15, 0.2) is 0 Å². The Morgan fingerprint density at radius 2 is 1.71 bits per heavy atom. The van der Waals surface area contributed by atoms with E-state index in [1.54, 1.807) is 0 Å². The highest BCUT2D eigenvalue weighted by atomic mass is 16.2. The Bertz CT molecular complexity index is 1450. The zero-order chi connectivity index (χ0) is 26.8. The van der Waals surface area contributed by atoms with Crippen LogP contribution in [0.25, 0.3) is 22.2 Å². The van der Waals surface area contributed by atoms with Gasteiger partial charge in [-0.2, -0.15) is 0 Å². The normalized spacial score (nSPS) is 16.5. The second-order valence-corrected chi connectivity index (χ2v) is 10.5. The highest BCUT2D eigenvalue weighted by Gasteiger charge is 2.47. The minimum absolute atomic E-state index is 0.00887. The molecule has 4 aromatic rings. The number of nitrogens with zero attached hydrogens (tertiary/aromatic N) is 1. The molecule has 0 radical (unpaired) electrons. The van der Waals surface area contributed by atoms with E-state index in [2.05, 4.69) is 74.4 Å². The number of para-hydroxylation sites is 1. The fourth-order valence-electron chi connectivity index (χ4n) is 5.69. The first kappa shape index (κ1) is 25.8. The number of benzene rings is 3. The molecule has 0 fully saturated rings. The zero-order valence-electron chi connectivity index (χ0n) is 22.8. The zero-order valence-corrected chi connectivity index (χ0v) is 22.8. The minimum Gasteiger partial charge on any atom is -0.354 e. The second-order valence-electron chi connectivity index (χ2n) is 10.5. The van der Waals surface area contributed by atoms with Crippen molar-refractivity contribution in [3.8, 4) is 11.3 Å². The van der Waals surface area contributed by atoms with Gasteiger partial charge in [-0.25, -0.2) is 0 Å². The number of aryl methyl sites for hydroxylation is 1. The third-order valence-electron chi connectivity index (χ3n) is 7.94. The first-order valence-corrected chi connectivity index (χ1v) is 13.8. The Labute approximate surface area is 225 Å². The van der Waals surface area contributed by atoms with Gasteiger partial charge in [0.1, 0.15) is 6.04 Å². The highest BCUT2D eigenvalue weighted by molar-refractivity contribution is 6.04. The molecule has 0 aliphatic carbocycles. The summed E-state index contributed by atoms with van der Waals surface area (Å²) in [6.07, 6.45) is 2.70. The molecule has 1 aliphatic rings. The molecule has 196 valence electrons. The van der Waals surface area contributed by atoms with Crippen LogP contribution in [0.1, 0.15) is 73.1 Å². The maximum Gasteiger partial charge on any atom is 0.255 e. The summed E-state index contributed by atoms with van der Waals surface area (Å²) in [7, 11) is 0. The lowest BCUT2D eigenvalue weighted by atomic mass is 9.90. The maximum atomic E-state index is 14.2.